The van der Waals surface area contributed by atoms with E-state index < -0.39 is 54.5 Å². The molecule has 11 heteroatoms. The Bertz CT molecular complexity index is 1190. The van der Waals surface area contributed by atoms with Crippen LogP contribution in [0.4, 0.5) is 8.78 Å². The second-order valence-electron chi connectivity index (χ2n) is 8.58. The van der Waals surface area contributed by atoms with E-state index in [9.17, 15) is 19.0 Å². The largest absolute Gasteiger partial charge is 0.390 e. The molecule has 0 radical (unpaired) electrons. The summed E-state index contributed by atoms with van der Waals surface area (Å²) in [5, 5.41) is 21.3. The quantitative estimate of drug-likeness (QED) is 0.539. The number of aliphatic hydroxyl groups is 2. The highest BCUT2D eigenvalue weighted by atomic mass is 35.5. The molecule has 3 aromatic rings. The maximum absolute atomic E-state index is 14.4. The third kappa shape index (κ3) is 3.71. The zero-order chi connectivity index (χ0) is 23.5. The van der Waals surface area contributed by atoms with E-state index in [-0.39, 0.29) is 10.7 Å². The highest BCUT2D eigenvalue weighted by Crippen LogP contribution is 2.48. The highest BCUT2D eigenvalue weighted by Gasteiger charge is 2.58. The molecule has 2 saturated heterocycles. The summed E-state index contributed by atoms with van der Waals surface area (Å²) in [4.78, 5) is 8.26. The average Bonchev–Trinajstić information content (AvgIpc) is 3.44. The first-order valence-corrected chi connectivity index (χ1v) is 10.7. The molecule has 8 nitrogen and oxygen atoms in total. The molecule has 2 aliphatic heterocycles. The topological polar surface area (TPSA) is 98.9 Å². The molecule has 33 heavy (non-hydrogen) atoms. The van der Waals surface area contributed by atoms with E-state index in [0.29, 0.717) is 11.0 Å². The van der Waals surface area contributed by atoms with E-state index in [4.69, 9.17) is 25.8 Å². The maximum Gasteiger partial charge on any atom is 0.296 e. The van der Waals surface area contributed by atoms with Crippen LogP contribution in [0.1, 0.15) is 37.3 Å². The SMILES string of the molecule is CC1(C)O[C@H]2[C@@H](O1)[C@H](n1ccc3c(Cl)ncnc31)O[C@@H]2[C@H](O)c1ccccc1C(F)(F)CO. The van der Waals surface area contributed by atoms with Crippen LogP contribution in [-0.2, 0) is 20.1 Å². The van der Waals surface area contributed by atoms with Crippen molar-refractivity contribution < 1.29 is 33.2 Å². The van der Waals surface area contributed by atoms with Crippen molar-refractivity contribution in [3.05, 3.63) is 59.1 Å². The molecule has 0 unspecified atom stereocenters. The average molecular weight is 482 g/mol. The van der Waals surface area contributed by atoms with Gasteiger partial charge < -0.3 is 29.0 Å². The molecule has 0 spiro atoms. The highest BCUT2D eigenvalue weighted by molar-refractivity contribution is 6.33. The summed E-state index contributed by atoms with van der Waals surface area (Å²) in [6.07, 6.45) is -1.67. The van der Waals surface area contributed by atoms with Gasteiger partial charge in [0.2, 0.25) is 0 Å². The smallest absolute Gasteiger partial charge is 0.296 e. The number of aliphatic hydroxyl groups excluding tert-OH is 2. The van der Waals surface area contributed by atoms with Crippen LogP contribution in [0.25, 0.3) is 11.0 Å². The Morgan fingerprint density at radius 1 is 1.18 bits per heavy atom. The molecular formula is C22H22ClF2N3O5. The Labute approximate surface area is 192 Å². The van der Waals surface area contributed by atoms with Crippen LogP contribution in [0, 0.1) is 0 Å². The first-order valence-electron chi connectivity index (χ1n) is 10.4. The van der Waals surface area contributed by atoms with Crippen LogP contribution in [-0.4, -0.2) is 55.5 Å². The number of fused-ring (bicyclic) bond motifs is 2. The van der Waals surface area contributed by atoms with Gasteiger partial charge in [-0.05, 0) is 25.5 Å². The van der Waals surface area contributed by atoms with Crippen LogP contribution in [0.15, 0.2) is 42.9 Å². The number of halogens is 3. The molecule has 2 aromatic heterocycles. The number of hydrogen-bond donors (Lipinski definition) is 2. The van der Waals surface area contributed by atoms with Gasteiger partial charge in [-0.3, -0.25) is 0 Å². The van der Waals surface area contributed by atoms with Crippen molar-refractivity contribution >= 4 is 22.6 Å². The second kappa shape index (κ2) is 7.93. The van der Waals surface area contributed by atoms with Gasteiger partial charge in [0.15, 0.2) is 12.0 Å². The van der Waals surface area contributed by atoms with Gasteiger partial charge in [0.25, 0.3) is 5.92 Å². The Balaban J connectivity index is 1.55. The Kier molecular flexibility index (Phi) is 5.43. The van der Waals surface area contributed by atoms with Crippen molar-refractivity contribution in [1.82, 2.24) is 14.5 Å². The lowest BCUT2D eigenvalue weighted by molar-refractivity contribution is -0.207. The van der Waals surface area contributed by atoms with Gasteiger partial charge >= 0.3 is 0 Å². The zero-order valence-electron chi connectivity index (χ0n) is 17.7. The summed E-state index contributed by atoms with van der Waals surface area (Å²) >= 11 is 6.17. The molecule has 2 fully saturated rings. The summed E-state index contributed by atoms with van der Waals surface area (Å²) in [5.74, 6) is -4.52. The summed E-state index contributed by atoms with van der Waals surface area (Å²) in [6, 6.07) is 7.25. The van der Waals surface area contributed by atoms with Gasteiger partial charge in [0, 0.05) is 11.8 Å². The molecular weight excluding hydrogens is 460 g/mol. The number of alkyl halides is 2. The lowest BCUT2D eigenvalue weighted by atomic mass is 9.92. The Morgan fingerprint density at radius 3 is 2.67 bits per heavy atom. The minimum absolute atomic E-state index is 0.0583. The van der Waals surface area contributed by atoms with Crippen molar-refractivity contribution in [1.29, 1.82) is 0 Å². The minimum atomic E-state index is -3.54. The number of aromatic nitrogens is 3. The maximum atomic E-state index is 14.4. The van der Waals surface area contributed by atoms with Crippen molar-refractivity contribution in [2.45, 2.75) is 56.2 Å². The van der Waals surface area contributed by atoms with E-state index in [1.807, 2.05) is 0 Å². The summed E-state index contributed by atoms with van der Waals surface area (Å²) in [5.41, 5.74) is -0.0425. The van der Waals surface area contributed by atoms with E-state index in [2.05, 4.69) is 9.97 Å². The lowest BCUT2D eigenvalue weighted by Gasteiger charge is -2.29. The standard InChI is InChI=1S/C22H22ClF2N3O5/c1-21(2)32-16-15(14(30)11-5-3-4-6-13(11)22(24,25)9-29)31-20(17(16)33-21)28-8-7-12-18(23)26-10-27-19(12)28/h3-8,10,14-17,20,29-30H,9H2,1-2H3/t14-,15-,16-,17-,20-/m1/s1. The zero-order valence-corrected chi connectivity index (χ0v) is 18.5. The molecule has 176 valence electrons. The molecule has 4 heterocycles. The number of hydrogen-bond acceptors (Lipinski definition) is 7. The normalized spacial score (nSPS) is 27.7. The van der Waals surface area contributed by atoms with Gasteiger partial charge in [-0.2, -0.15) is 8.78 Å². The third-order valence-electron chi connectivity index (χ3n) is 5.98. The molecule has 2 N–H and O–H groups in total. The Morgan fingerprint density at radius 2 is 1.91 bits per heavy atom. The summed E-state index contributed by atoms with van der Waals surface area (Å²) in [7, 11) is 0. The van der Waals surface area contributed by atoms with Gasteiger partial charge in [0.05, 0.1) is 5.39 Å². The predicted molar refractivity (Wildman–Crippen MR) is 113 cm³/mol. The molecule has 5 rings (SSSR count). The molecule has 0 amide bonds. The van der Waals surface area contributed by atoms with Gasteiger partial charge in [0.1, 0.15) is 48.2 Å². The minimum Gasteiger partial charge on any atom is -0.390 e. The van der Waals surface area contributed by atoms with Gasteiger partial charge in [-0.1, -0.05) is 35.9 Å². The number of rotatable bonds is 5. The summed E-state index contributed by atoms with van der Waals surface area (Å²) < 4.78 is 48.8. The molecule has 5 atom stereocenters. The first-order chi connectivity index (χ1) is 15.6. The van der Waals surface area contributed by atoms with Crippen molar-refractivity contribution in [2.75, 3.05) is 6.61 Å². The fourth-order valence-electron chi connectivity index (χ4n) is 4.58. The van der Waals surface area contributed by atoms with Gasteiger partial charge in [-0.25, -0.2) is 9.97 Å². The fraction of sp³-hybridized carbons (Fsp3) is 0.455. The molecule has 1 aromatic carbocycles. The lowest BCUT2D eigenvalue weighted by Crippen LogP contribution is -2.35. The van der Waals surface area contributed by atoms with E-state index in [0.717, 1.165) is 0 Å². The van der Waals surface area contributed by atoms with E-state index in [1.54, 1.807) is 30.7 Å². The number of nitrogens with zero attached hydrogens (tertiary/aromatic N) is 3. The number of ether oxygens (including phenoxy) is 3. The monoisotopic (exact) mass is 481 g/mol. The molecule has 0 bridgehead atoms. The first kappa shape index (κ1) is 22.6. The van der Waals surface area contributed by atoms with Crippen LogP contribution in [0.3, 0.4) is 0 Å². The van der Waals surface area contributed by atoms with Crippen LogP contribution in [0.2, 0.25) is 5.15 Å². The van der Waals surface area contributed by atoms with Crippen LogP contribution >= 0.6 is 11.6 Å². The van der Waals surface area contributed by atoms with Crippen LogP contribution in [0.5, 0.6) is 0 Å². The van der Waals surface area contributed by atoms with Crippen LogP contribution < -0.4 is 0 Å². The van der Waals surface area contributed by atoms with Crippen molar-refractivity contribution in [2.24, 2.45) is 0 Å². The number of benzene rings is 1. The van der Waals surface area contributed by atoms with E-state index in [1.165, 1.54) is 30.6 Å². The van der Waals surface area contributed by atoms with Crippen molar-refractivity contribution in [3.63, 3.8) is 0 Å². The molecule has 2 aliphatic rings. The fourth-order valence-corrected chi connectivity index (χ4v) is 4.77. The van der Waals surface area contributed by atoms with Crippen molar-refractivity contribution in [3.8, 4) is 0 Å². The third-order valence-corrected chi connectivity index (χ3v) is 6.28. The summed E-state index contributed by atoms with van der Waals surface area (Å²) in [6.45, 7) is 2.07. The van der Waals surface area contributed by atoms with Gasteiger partial charge in [-0.15, -0.1) is 0 Å². The molecule has 0 saturated carbocycles. The second-order valence-corrected chi connectivity index (χ2v) is 8.93. The predicted octanol–water partition coefficient (Wildman–Crippen LogP) is 3.32. The van der Waals surface area contributed by atoms with E-state index >= 15 is 0 Å². The molecule has 0 aliphatic carbocycles. The Hall–Kier alpha value is -2.21.